The Morgan fingerprint density at radius 1 is 1.22 bits per heavy atom. The summed E-state index contributed by atoms with van der Waals surface area (Å²) < 4.78 is 5.53. The Balaban J connectivity index is 1.47. The lowest BCUT2D eigenvalue weighted by Gasteiger charge is -2.30. The quantitative estimate of drug-likeness (QED) is 0.908. The van der Waals surface area contributed by atoms with Crippen LogP contribution in [-0.4, -0.2) is 43.2 Å². The van der Waals surface area contributed by atoms with Crippen LogP contribution in [0.5, 0.6) is 0 Å². The van der Waals surface area contributed by atoms with Crippen molar-refractivity contribution in [2.75, 3.05) is 26.2 Å². The van der Waals surface area contributed by atoms with Crippen LogP contribution in [0.25, 0.3) is 0 Å². The van der Waals surface area contributed by atoms with Crippen molar-refractivity contribution in [1.82, 2.24) is 10.2 Å². The SMILES string of the molecule is CC1CCN(Cc2ccc(C(=O)NCC3CCCO3)cc2)CC1. The molecule has 2 saturated heterocycles. The highest BCUT2D eigenvalue weighted by Crippen LogP contribution is 2.18. The molecule has 0 bridgehead atoms. The summed E-state index contributed by atoms with van der Waals surface area (Å²) in [4.78, 5) is 14.7. The number of hydrogen-bond acceptors (Lipinski definition) is 3. The molecule has 1 N–H and O–H groups in total. The first-order valence-electron chi connectivity index (χ1n) is 8.92. The summed E-state index contributed by atoms with van der Waals surface area (Å²) in [6, 6.07) is 8.04. The lowest BCUT2D eigenvalue weighted by Crippen LogP contribution is -2.32. The van der Waals surface area contributed by atoms with Crippen LogP contribution in [0.1, 0.15) is 48.5 Å². The molecule has 23 heavy (non-hydrogen) atoms. The van der Waals surface area contributed by atoms with Gasteiger partial charge in [0.15, 0.2) is 0 Å². The number of benzene rings is 1. The van der Waals surface area contributed by atoms with Crippen molar-refractivity contribution in [2.45, 2.75) is 45.3 Å². The molecule has 1 aromatic carbocycles. The Labute approximate surface area is 139 Å². The first-order chi connectivity index (χ1) is 11.2. The van der Waals surface area contributed by atoms with E-state index in [-0.39, 0.29) is 12.0 Å². The van der Waals surface area contributed by atoms with Gasteiger partial charge in [0.1, 0.15) is 0 Å². The zero-order valence-corrected chi connectivity index (χ0v) is 14.1. The summed E-state index contributed by atoms with van der Waals surface area (Å²) in [6.45, 7) is 7.14. The Morgan fingerprint density at radius 2 is 1.96 bits per heavy atom. The van der Waals surface area contributed by atoms with E-state index in [1.165, 1.54) is 31.5 Å². The number of nitrogens with one attached hydrogen (secondary N) is 1. The molecule has 2 heterocycles. The van der Waals surface area contributed by atoms with Gasteiger partial charge in [0.2, 0.25) is 0 Å². The zero-order valence-electron chi connectivity index (χ0n) is 14.1. The van der Waals surface area contributed by atoms with Gasteiger partial charge >= 0.3 is 0 Å². The van der Waals surface area contributed by atoms with Crippen molar-refractivity contribution in [3.63, 3.8) is 0 Å². The van der Waals surface area contributed by atoms with E-state index in [0.717, 1.165) is 37.5 Å². The van der Waals surface area contributed by atoms with Crippen molar-refractivity contribution in [3.8, 4) is 0 Å². The van der Waals surface area contributed by atoms with Crippen LogP contribution in [0.2, 0.25) is 0 Å². The lowest BCUT2D eigenvalue weighted by atomic mass is 9.99. The molecule has 1 aromatic rings. The van der Waals surface area contributed by atoms with Crippen LogP contribution in [0.4, 0.5) is 0 Å². The first kappa shape index (κ1) is 16.5. The average molecular weight is 316 g/mol. The lowest BCUT2D eigenvalue weighted by molar-refractivity contribution is 0.0857. The minimum Gasteiger partial charge on any atom is -0.376 e. The number of piperidine rings is 1. The molecule has 3 rings (SSSR count). The van der Waals surface area contributed by atoms with Crippen LogP contribution in [0, 0.1) is 5.92 Å². The molecule has 0 saturated carbocycles. The Hall–Kier alpha value is -1.39. The highest BCUT2D eigenvalue weighted by molar-refractivity contribution is 5.94. The molecular formula is C19H28N2O2. The molecule has 2 aliphatic rings. The number of ether oxygens (including phenoxy) is 1. The summed E-state index contributed by atoms with van der Waals surface area (Å²) in [5.74, 6) is 0.861. The van der Waals surface area contributed by atoms with Gasteiger partial charge in [0.05, 0.1) is 6.10 Å². The van der Waals surface area contributed by atoms with Crippen LogP contribution in [0.15, 0.2) is 24.3 Å². The third-order valence-electron chi connectivity index (χ3n) is 5.01. The highest BCUT2D eigenvalue weighted by atomic mass is 16.5. The molecule has 0 aromatic heterocycles. The van der Waals surface area contributed by atoms with E-state index in [9.17, 15) is 4.79 Å². The van der Waals surface area contributed by atoms with Crippen LogP contribution in [-0.2, 0) is 11.3 Å². The molecule has 0 radical (unpaired) electrons. The fourth-order valence-corrected chi connectivity index (χ4v) is 3.35. The fraction of sp³-hybridized carbons (Fsp3) is 0.632. The number of nitrogens with zero attached hydrogens (tertiary/aromatic N) is 1. The van der Waals surface area contributed by atoms with Gasteiger partial charge in [-0.15, -0.1) is 0 Å². The van der Waals surface area contributed by atoms with E-state index in [2.05, 4.69) is 29.3 Å². The number of hydrogen-bond donors (Lipinski definition) is 1. The van der Waals surface area contributed by atoms with E-state index < -0.39 is 0 Å². The van der Waals surface area contributed by atoms with Crippen molar-refractivity contribution in [3.05, 3.63) is 35.4 Å². The second-order valence-electron chi connectivity index (χ2n) is 7.00. The summed E-state index contributed by atoms with van der Waals surface area (Å²) in [7, 11) is 0. The molecule has 2 fully saturated rings. The minimum absolute atomic E-state index is 0.00107. The monoisotopic (exact) mass is 316 g/mol. The molecule has 2 aliphatic heterocycles. The maximum Gasteiger partial charge on any atom is 0.251 e. The molecule has 4 nitrogen and oxygen atoms in total. The predicted molar refractivity (Wildman–Crippen MR) is 91.4 cm³/mol. The number of amides is 1. The second-order valence-corrected chi connectivity index (χ2v) is 7.00. The molecule has 1 amide bonds. The van der Waals surface area contributed by atoms with Crippen LogP contribution >= 0.6 is 0 Å². The van der Waals surface area contributed by atoms with Gasteiger partial charge in [-0.25, -0.2) is 0 Å². The Morgan fingerprint density at radius 3 is 2.61 bits per heavy atom. The average Bonchev–Trinajstić information content (AvgIpc) is 3.09. The maximum absolute atomic E-state index is 12.2. The van der Waals surface area contributed by atoms with Gasteiger partial charge in [-0.3, -0.25) is 9.69 Å². The summed E-state index contributed by atoms with van der Waals surface area (Å²) in [5.41, 5.74) is 2.02. The van der Waals surface area contributed by atoms with Gasteiger partial charge in [-0.05, 0) is 62.4 Å². The highest BCUT2D eigenvalue weighted by Gasteiger charge is 2.17. The van der Waals surface area contributed by atoms with Crippen LogP contribution < -0.4 is 5.32 Å². The van der Waals surface area contributed by atoms with Gasteiger partial charge < -0.3 is 10.1 Å². The summed E-state index contributed by atoms with van der Waals surface area (Å²) in [5, 5.41) is 2.97. The molecule has 1 atom stereocenters. The van der Waals surface area contributed by atoms with Crippen molar-refractivity contribution in [1.29, 1.82) is 0 Å². The smallest absolute Gasteiger partial charge is 0.251 e. The van der Waals surface area contributed by atoms with Gasteiger partial charge in [-0.1, -0.05) is 19.1 Å². The number of rotatable bonds is 5. The van der Waals surface area contributed by atoms with Gasteiger partial charge in [0, 0.05) is 25.3 Å². The third-order valence-corrected chi connectivity index (χ3v) is 5.01. The largest absolute Gasteiger partial charge is 0.376 e. The summed E-state index contributed by atoms with van der Waals surface area (Å²) in [6.07, 6.45) is 4.94. The first-order valence-corrected chi connectivity index (χ1v) is 8.92. The number of carbonyl (C=O) groups excluding carboxylic acids is 1. The zero-order chi connectivity index (χ0) is 16.1. The number of likely N-dealkylation sites (tertiary alicyclic amines) is 1. The maximum atomic E-state index is 12.2. The van der Waals surface area contributed by atoms with Crippen molar-refractivity contribution < 1.29 is 9.53 Å². The molecule has 0 aliphatic carbocycles. The molecule has 1 unspecified atom stereocenters. The van der Waals surface area contributed by atoms with E-state index in [1.807, 2.05) is 12.1 Å². The van der Waals surface area contributed by atoms with Gasteiger partial charge in [0.25, 0.3) is 5.91 Å². The molecule has 4 heteroatoms. The predicted octanol–water partition coefficient (Wildman–Crippen LogP) is 2.83. The molecular weight excluding hydrogens is 288 g/mol. The third kappa shape index (κ3) is 4.79. The minimum atomic E-state index is -0.00107. The molecule has 126 valence electrons. The number of carbonyl (C=O) groups is 1. The standard InChI is InChI=1S/C19H28N2O2/c1-15-8-10-21(11-9-15)14-16-4-6-17(7-5-16)19(22)20-13-18-3-2-12-23-18/h4-7,15,18H,2-3,8-14H2,1H3,(H,20,22). The van der Waals surface area contributed by atoms with Crippen LogP contribution in [0.3, 0.4) is 0 Å². The Kier molecular flexibility index (Phi) is 5.68. The topological polar surface area (TPSA) is 41.6 Å². The van der Waals surface area contributed by atoms with Crippen molar-refractivity contribution >= 4 is 5.91 Å². The van der Waals surface area contributed by atoms with Crippen molar-refractivity contribution in [2.24, 2.45) is 5.92 Å². The van der Waals surface area contributed by atoms with E-state index >= 15 is 0 Å². The van der Waals surface area contributed by atoms with E-state index in [1.54, 1.807) is 0 Å². The van der Waals surface area contributed by atoms with E-state index in [4.69, 9.17) is 4.74 Å². The summed E-state index contributed by atoms with van der Waals surface area (Å²) >= 11 is 0. The fourth-order valence-electron chi connectivity index (χ4n) is 3.35. The normalized spacial score (nSPS) is 23.1. The molecule has 0 spiro atoms. The Bertz CT molecular complexity index is 501. The second kappa shape index (κ2) is 7.93. The van der Waals surface area contributed by atoms with E-state index in [0.29, 0.717) is 6.54 Å². The van der Waals surface area contributed by atoms with Gasteiger partial charge in [-0.2, -0.15) is 0 Å².